The first-order chi connectivity index (χ1) is 11.5. The standard InChI is InChI=1S/C23H31NO/c1-16(8-12-21(24)25)7-9-17(2)18-10-11-19-20(15-18)23(5,6)14-13-22(19,3)4/h7-12,15H,13-14H2,1-6H3,(H2,24,25). The Kier molecular flexibility index (Phi) is 5.41. The topological polar surface area (TPSA) is 43.1 Å². The minimum absolute atomic E-state index is 0.219. The average Bonchev–Trinajstić information content (AvgIpc) is 2.54. The lowest BCUT2D eigenvalue weighted by atomic mass is 9.63. The van der Waals surface area contributed by atoms with Crippen LogP contribution in [0.25, 0.3) is 5.57 Å². The summed E-state index contributed by atoms with van der Waals surface area (Å²) in [4.78, 5) is 10.8. The highest BCUT2D eigenvalue weighted by atomic mass is 16.1. The molecule has 0 aromatic heterocycles. The molecule has 0 spiro atoms. The van der Waals surface area contributed by atoms with Crippen LogP contribution in [-0.2, 0) is 15.6 Å². The molecule has 0 saturated carbocycles. The predicted molar refractivity (Wildman–Crippen MR) is 107 cm³/mol. The lowest BCUT2D eigenvalue weighted by molar-refractivity contribution is -0.113. The molecule has 0 radical (unpaired) electrons. The van der Waals surface area contributed by atoms with Crippen LogP contribution in [0.3, 0.4) is 0 Å². The number of benzene rings is 1. The molecular weight excluding hydrogens is 306 g/mol. The molecule has 25 heavy (non-hydrogen) atoms. The van der Waals surface area contributed by atoms with Crippen molar-refractivity contribution in [3.63, 3.8) is 0 Å². The Bertz CT molecular complexity index is 760. The second-order valence-corrected chi connectivity index (χ2v) is 8.52. The highest BCUT2D eigenvalue weighted by Gasteiger charge is 2.36. The summed E-state index contributed by atoms with van der Waals surface area (Å²) in [6.07, 6.45) is 9.70. The summed E-state index contributed by atoms with van der Waals surface area (Å²) in [5, 5.41) is 0. The van der Waals surface area contributed by atoms with Gasteiger partial charge in [0.15, 0.2) is 0 Å². The number of allylic oxidation sites excluding steroid dienone is 5. The molecule has 1 aliphatic carbocycles. The number of hydrogen-bond donors (Lipinski definition) is 1. The Morgan fingerprint density at radius 2 is 1.56 bits per heavy atom. The van der Waals surface area contributed by atoms with Gasteiger partial charge < -0.3 is 5.73 Å². The van der Waals surface area contributed by atoms with Gasteiger partial charge in [-0.2, -0.15) is 0 Å². The zero-order valence-electron chi connectivity index (χ0n) is 16.4. The number of carbonyl (C=O) groups excluding carboxylic acids is 1. The number of nitrogens with two attached hydrogens (primary N) is 1. The highest BCUT2D eigenvalue weighted by molar-refractivity contribution is 5.86. The molecule has 1 amide bonds. The Morgan fingerprint density at radius 1 is 0.960 bits per heavy atom. The smallest absolute Gasteiger partial charge is 0.241 e. The van der Waals surface area contributed by atoms with Gasteiger partial charge in [0.25, 0.3) is 0 Å². The first-order valence-electron chi connectivity index (χ1n) is 9.01. The van der Waals surface area contributed by atoms with Crippen molar-refractivity contribution in [3.05, 3.63) is 64.8 Å². The van der Waals surface area contributed by atoms with E-state index >= 15 is 0 Å². The molecule has 0 saturated heterocycles. The summed E-state index contributed by atoms with van der Waals surface area (Å²) in [5.74, 6) is -0.423. The third-order valence-corrected chi connectivity index (χ3v) is 5.41. The summed E-state index contributed by atoms with van der Waals surface area (Å²) < 4.78 is 0. The maximum Gasteiger partial charge on any atom is 0.241 e. The molecule has 0 bridgehead atoms. The molecule has 2 heteroatoms. The summed E-state index contributed by atoms with van der Waals surface area (Å²) in [5.41, 5.74) is 12.0. The Labute approximate surface area is 152 Å². The van der Waals surface area contributed by atoms with Crippen LogP contribution < -0.4 is 5.73 Å². The molecule has 2 N–H and O–H groups in total. The number of amides is 1. The van der Waals surface area contributed by atoms with E-state index in [0.29, 0.717) is 0 Å². The highest BCUT2D eigenvalue weighted by Crippen LogP contribution is 2.46. The summed E-state index contributed by atoms with van der Waals surface area (Å²) >= 11 is 0. The third-order valence-electron chi connectivity index (χ3n) is 5.41. The van der Waals surface area contributed by atoms with Gasteiger partial charge in [0.2, 0.25) is 5.91 Å². The van der Waals surface area contributed by atoms with Gasteiger partial charge in [0.1, 0.15) is 0 Å². The maximum atomic E-state index is 10.8. The van der Waals surface area contributed by atoms with Crippen LogP contribution in [0, 0.1) is 0 Å². The molecule has 1 aliphatic rings. The monoisotopic (exact) mass is 337 g/mol. The molecular formula is C23H31NO. The normalized spacial score (nSPS) is 19.8. The Balaban J connectivity index is 2.37. The first-order valence-corrected chi connectivity index (χ1v) is 9.01. The van der Waals surface area contributed by atoms with Crippen LogP contribution in [-0.4, -0.2) is 5.91 Å². The first kappa shape index (κ1) is 19.2. The lowest BCUT2D eigenvalue weighted by Gasteiger charge is -2.42. The van der Waals surface area contributed by atoms with E-state index in [1.165, 1.54) is 41.2 Å². The van der Waals surface area contributed by atoms with Crippen LogP contribution >= 0.6 is 0 Å². The van der Waals surface area contributed by atoms with Crippen molar-refractivity contribution >= 4 is 11.5 Å². The zero-order valence-corrected chi connectivity index (χ0v) is 16.4. The quantitative estimate of drug-likeness (QED) is 0.578. The van der Waals surface area contributed by atoms with Crippen LogP contribution in [0.1, 0.15) is 71.1 Å². The van der Waals surface area contributed by atoms with Gasteiger partial charge in [0, 0.05) is 6.08 Å². The molecule has 134 valence electrons. The van der Waals surface area contributed by atoms with E-state index < -0.39 is 5.91 Å². The summed E-state index contributed by atoms with van der Waals surface area (Å²) in [6, 6.07) is 6.91. The molecule has 1 aromatic rings. The van der Waals surface area contributed by atoms with Crippen molar-refractivity contribution in [1.82, 2.24) is 0 Å². The van der Waals surface area contributed by atoms with Crippen LogP contribution in [0.2, 0.25) is 0 Å². The van der Waals surface area contributed by atoms with E-state index in [4.69, 9.17) is 5.73 Å². The van der Waals surface area contributed by atoms with Gasteiger partial charge in [0.05, 0.1) is 0 Å². The number of primary amides is 1. The Morgan fingerprint density at radius 3 is 2.16 bits per heavy atom. The van der Waals surface area contributed by atoms with Gasteiger partial charge in [-0.3, -0.25) is 4.79 Å². The molecule has 2 nitrogen and oxygen atoms in total. The van der Waals surface area contributed by atoms with Gasteiger partial charge in [-0.25, -0.2) is 0 Å². The van der Waals surface area contributed by atoms with Gasteiger partial charge in [-0.1, -0.05) is 69.7 Å². The number of fused-ring (bicyclic) bond motifs is 1. The number of hydrogen-bond acceptors (Lipinski definition) is 1. The van der Waals surface area contributed by atoms with Crippen molar-refractivity contribution in [2.75, 3.05) is 0 Å². The van der Waals surface area contributed by atoms with Crippen molar-refractivity contribution < 1.29 is 4.79 Å². The second kappa shape index (κ2) is 7.03. The molecule has 2 rings (SSSR count). The predicted octanol–water partition coefficient (Wildman–Crippen LogP) is 5.43. The van der Waals surface area contributed by atoms with E-state index in [2.05, 4.69) is 58.9 Å². The van der Waals surface area contributed by atoms with E-state index in [-0.39, 0.29) is 10.8 Å². The van der Waals surface area contributed by atoms with Crippen LogP contribution in [0.5, 0.6) is 0 Å². The summed E-state index contributed by atoms with van der Waals surface area (Å²) in [6.45, 7) is 13.5. The van der Waals surface area contributed by atoms with Crippen molar-refractivity contribution in [3.8, 4) is 0 Å². The van der Waals surface area contributed by atoms with Gasteiger partial charge in [-0.05, 0) is 59.8 Å². The average molecular weight is 338 g/mol. The SMILES string of the molecule is CC(C=CC(N)=O)=CC=C(C)c1ccc2c(c1)C(C)(C)CCC2(C)C. The Hall–Kier alpha value is -2.09. The van der Waals surface area contributed by atoms with E-state index in [9.17, 15) is 4.79 Å². The molecule has 0 fully saturated rings. The second-order valence-electron chi connectivity index (χ2n) is 8.52. The lowest BCUT2D eigenvalue weighted by Crippen LogP contribution is -2.33. The largest absolute Gasteiger partial charge is 0.366 e. The zero-order chi connectivity index (χ0) is 18.8. The number of rotatable bonds is 4. The molecule has 1 aromatic carbocycles. The van der Waals surface area contributed by atoms with Crippen molar-refractivity contribution in [1.29, 1.82) is 0 Å². The van der Waals surface area contributed by atoms with Crippen LogP contribution in [0.15, 0.2) is 48.1 Å². The van der Waals surface area contributed by atoms with Gasteiger partial charge in [-0.15, -0.1) is 0 Å². The third kappa shape index (κ3) is 4.50. The van der Waals surface area contributed by atoms with Crippen molar-refractivity contribution in [2.45, 2.75) is 65.2 Å². The number of carbonyl (C=O) groups is 1. The molecule has 0 aliphatic heterocycles. The van der Waals surface area contributed by atoms with Gasteiger partial charge >= 0.3 is 0 Å². The fourth-order valence-electron chi connectivity index (χ4n) is 3.46. The van der Waals surface area contributed by atoms with E-state index in [0.717, 1.165) is 5.57 Å². The molecule has 0 unspecified atom stereocenters. The summed E-state index contributed by atoms with van der Waals surface area (Å²) in [7, 11) is 0. The van der Waals surface area contributed by atoms with Crippen LogP contribution in [0.4, 0.5) is 0 Å². The van der Waals surface area contributed by atoms with E-state index in [1.54, 1.807) is 6.08 Å². The molecule has 0 heterocycles. The van der Waals surface area contributed by atoms with Crippen molar-refractivity contribution in [2.24, 2.45) is 5.73 Å². The maximum absolute atomic E-state index is 10.8. The van der Waals surface area contributed by atoms with E-state index in [1.807, 2.05) is 13.0 Å². The minimum atomic E-state index is -0.423. The molecule has 0 atom stereocenters. The fourth-order valence-corrected chi connectivity index (χ4v) is 3.46. The minimum Gasteiger partial charge on any atom is -0.366 e. The fraction of sp³-hybridized carbons (Fsp3) is 0.435.